The van der Waals surface area contributed by atoms with E-state index in [0.29, 0.717) is 5.56 Å². The zero-order chi connectivity index (χ0) is 27.4. The number of nitrogens with two attached hydrogens (primary N) is 1. The lowest BCUT2D eigenvalue weighted by Gasteiger charge is -2.41. The van der Waals surface area contributed by atoms with Gasteiger partial charge in [0.2, 0.25) is 0 Å². The number of nitrogens with zero attached hydrogens (tertiary/aromatic N) is 2. The summed E-state index contributed by atoms with van der Waals surface area (Å²) in [7, 11) is -10.1. The van der Waals surface area contributed by atoms with Gasteiger partial charge in [-0.3, -0.25) is 9.78 Å². The number of aromatic nitrogens is 1. The summed E-state index contributed by atoms with van der Waals surface area (Å²) in [6.07, 6.45) is 4.06. The van der Waals surface area contributed by atoms with Gasteiger partial charge in [0.1, 0.15) is 10.7 Å². The van der Waals surface area contributed by atoms with E-state index in [2.05, 4.69) is 23.8 Å². The second-order valence-corrected chi connectivity index (χ2v) is 10.6. The number of carbonyl (C=O) groups excluding carboxylic acids is 1. The summed E-state index contributed by atoms with van der Waals surface area (Å²) in [6, 6.07) is 8.67. The third-order valence-corrected chi connectivity index (χ3v) is 6.05. The number of carbonyl (C=O) groups is 1. The molecular formula is C25H27F6N3OS. The van der Waals surface area contributed by atoms with Gasteiger partial charge in [-0.15, -0.1) is 0 Å². The second kappa shape index (κ2) is 9.61. The molecule has 2 N–H and O–H groups in total. The Morgan fingerprint density at radius 2 is 1.58 bits per heavy atom. The van der Waals surface area contributed by atoms with Crippen LogP contribution in [0, 0.1) is 5.82 Å². The van der Waals surface area contributed by atoms with Gasteiger partial charge in [0.15, 0.2) is 11.3 Å². The van der Waals surface area contributed by atoms with Crippen molar-refractivity contribution in [1.82, 2.24) is 4.98 Å². The number of hydrogen-bond acceptors (Lipinski definition) is 3. The van der Waals surface area contributed by atoms with Crippen LogP contribution in [0.25, 0.3) is 11.1 Å². The maximum Gasteiger partial charge on any atom is 0.310 e. The van der Waals surface area contributed by atoms with E-state index in [1.807, 2.05) is 0 Å². The minimum Gasteiger partial charge on any atom is -0.388 e. The Balaban J connectivity index is 0.00000145. The molecule has 11 heteroatoms. The van der Waals surface area contributed by atoms with Crippen molar-refractivity contribution in [3.63, 3.8) is 0 Å². The van der Waals surface area contributed by atoms with Crippen LogP contribution in [0.5, 0.6) is 0 Å². The fourth-order valence-corrected chi connectivity index (χ4v) is 4.19. The summed E-state index contributed by atoms with van der Waals surface area (Å²) < 4.78 is 82.2. The van der Waals surface area contributed by atoms with Gasteiger partial charge in [-0.2, -0.15) is 0 Å². The highest BCUT2D eigenvalue weighted by Gasteiger charge is 2.65. The zero-order valence-corrected chi connectivity index (χ0v) is 20.9. The van der Waals surface area contributed by atoms with Crippen LogP contribution < -0.4 is 5.73 Å². The summed E-state index contributed by atoms with van der Waals surface area (Å²) in [6.45, 7) is 6.57. The van der Waals surface area contributed by atoms with Crippen molar-refractivity contribution in [3.05, 3.63) is 83.9 Å². The third kappa shape index (κ3) is 6.45. The maximum absolute atomic E-state index is 14.6. The van der Waals surface area contributed by atoms with Gasteiger partial charge < -0.3 is 5.73 Å². The van der Waals surface area contributed by atoms with Crippen molar-refractivity contribution in [3.8, 4) is 11.1 Å². The fraction of sp³-hybridized carbons (Fsp3) is 0.240. The van der Waals surface area contributed by atoms with Gasteiger partial charge >= 0.3 is 10.2 Å². The van der Waals surface area contributed by atoms with Crippen LogP contribution in [0.2, 0.25) is 0 Å². The molecule has 36 heavy (non-hydrogen) atoms. The molecule has 1 heterocycles. The lowest BCUT2D eigenvalue weighted by Crippen LogP contribution is -2.36. The molecule has 0 aliphatic rings. The SMILES string of the molecule is CC(=O)C(N=C(C)N)(c1cccc(S(F)(F)(F)(F)F)c1)c1ccc(F)c(-c2cccnc2)c1.CCC. The van der Waals surface area contributed by atoms with Crippen molar-refractivity contribution >= 4 is 21.8 Å². The lowest BCUT2D eigenvalue weighted by atomic mass is 9.79. The molecule has 0 aliphatic carbocycles. The topological polar surface area (TPSA) is 68.3 Å². The standard InChI is InChI=1S/C22H19F6N3OS.C3H8/c1-14(32)22(31-15(2)29,17-6-3-7-19(11-17)33(24,25,26,27)28)18-8-9-21(23)20(12-18)16-5-4-10-30-13-16;1-3-2/h3-13H,1-2H3,(H2,29,31);3H2,1-2H3. The van der Waals surface area contributed by atoms with Gasteiger partial charge in [0.05, 0.1) is 5.84 Å². The second-order valence-electron chi connectivity index (χ2n) is 8.16. The average molecular weight is 532 g/mol. The van der Waals surface area contributed by atoms with Gasteiger partial charge in [0.25, 0.3) is 0 Å². The molecule has 3 aromatic rings. The highest BCUT2D eigenvalue weighted by molar-refractivity contribution is 8.45. The average Bonchev–Trinajstić information content (AvgIpc) is 2.77. The van der Waals surface area contributed by atoms with Crippen LogP contribution in [-0.4, -0.2) is 16.6 Å². The van der Waals surface area contributed by atoms with E-state index >= 15 is 0 Å². The summed E-state index contributed by atoms with van der Waals surface area (Å²) >= 11 is 0. The monoisotopic (exact) mass is 531 g/mol. The molecule has 1 atom stereocenters. The molecule has 0 saturated heterocycles. The maximum atomic E-state index is 14.6. The summed E-state index contributed by atoms with van der Waals surface area (Å²) in [4.78, 5) is 18.7. The molecule has 2 aromatic carbocycles. The molecule has 196 valence electrons. The molecular weight excluding hydrogens is 504 g/mol. The van der Waals surface area contributed by atoms with E-state index in [1.165, 1.54) is 37.9 Å². The Hall–Kier alpha value is -3.34. The van der Waals surface area contributed by atoms with Crippen molar-refractivity contribution in [1.29, 1.82) is 0 Å². The zero-order valence-electron chi connectivity index (χ0n) is 20.1. The summed E-state index contributed by atoms with van der Waals surface area (Å²) in [5, 5.41) is 0. The highest BCUT2D eigenvalue weighted by atomic mass is 32.5. The van der Waals surface area contributed by atoms with Crippen molar-refractivity contribution in [2.45, 2.75) is 44.6 Å². The lowest BCUT2D eigenvalue weighted by molar-refractivity contribution is -0.120. The van der Waals surface area contributed by atoms with Crippen LogP contribution in [-0.2, 0) is 10.3 Å². The largest absolute Gasteiger partial charge is 0.388 e. The molecule has 0 fully saturated rings. The third-order valence-electron chi connectivity index (χ3n) is 4.91. The van der Waals surface area contributed by atoms with Crippen molar-refractivity contribution < 1.29 is 28.6 Å². The molecule has 1 unspecified atom stereocenters. The fourth-order valence-electron chi connectivity index (χ4n) is 3.50. The molecule has 0 bridgehead atoms. The Kier molecular flexibility index (Phi) is 7.71. The predicted octanol–water partition coefficient (Wildman–Crippen LogP) is 8.17. The van der Waals surface area contributed by atoms with Crippen LogP contribution in [0.15, 0.2) is 76.9 Å². The van der Waals surface area contributed by atoms with Crippen LogP contribution in [0.3, 0.4) is 0 Å². The number of aliphatic imine (C=N–C) groups is 1. The summed E-state index contributed by atoms with van der Waals surface area (Å²) in [5.41, 5.74) is 3.22. The molecule has 0 radical (unpaired) electrons. The Morgan fingerprint density at radius 1 is 0.972 bits per heavy atom. The number of ketones is 1. The minimum absolute atomic E-state index is 0.0139. The van der Waals surface area contributed by atoms with Gasteiger partial charge in [-0.05, 0) is 55.3 Å². The first-order chi connectivity index (χ1) is 16.5. The van der Waals surface area contributed by atoms with E-state index in [9.17, 15) is 28.6 Å². The van der Waals surface area contributed by atoms with Gasteiger partial charge in [-0.25, -0.2) is 9.38 Å². The molecule has 0 spiro atoms. The molecule has 3 rings (SSSR count). The molecule has 0 saturated carbocycles. The van der Waals surface area contributed by atoms with Crippen LogP contribution in [0.1, 0.15) is 45.2 Å². The number of pyridine rings is 1. The summed E-state index contributed by atoms with van der Waals surface area (Å²) in [5.74, 6) is -1.70. The van der Waals surface area contributed by atoms with Crippen LogP contribution in [0.4, 0.5) is 23.8 Å². The predicted molar refractivity (Wildman–Crippen MR) is 132 cm³/mol. The Labute approximate surface area is 206 Å². The molecule has 0 amide bonds. The quantitative estimate of drug-likeness (QED) is 0.198. The van der Waals surface area contributed by atoms with Crippen LogP contribution >= 0.6 is 10.2 Å². The Morgan fingerprint density at radius 3 is 2.08 bits per heavy atom. The van der Waals surface area contributed by atoms with Crippen molar-refractivity contribution in [2.24, 2.45) is 10.7 Å². The van der Waals surface area contributed by atoms with Crippen molar-refractivity contribution in [2.75, 3.05) is 0 Å². The molecule has 1 aromatic heterocycles. The van der Waals surface area contributed by atoms with Gasteiger partial charge in [-0.1, -0.05) is 64.0 Å². The number of Topliss-reactive ketones (excluding diaryl/α,β-unsaturated/α-hetero) is 1. The first-order valence-corrected chi connectivity index (χ1v) is 12.8. The number of hydrogen-bond donors (Lipinski definition) is 1. The number of amidine groups is 1. The minimum atomic E-state index is -10.1. The first kappa shape index (κ1) is 28.9. The smallest absolute Gasteiger partial charge is 0.310 e. The highest BCUT2D eigenvalue weighted by Crippen LogP contribution is 3.02. The van der Waals surface area contributed by atoms with Gasteiger partial charge in [0, 0.05) is 23.5 Å². The molecule has 4 nitrogen and oxygen atoms in total. The molecule has 0 aliphatic heterocycles. The Bertz CT molecular complexity index is 1280. The van der Waals surface area contributed by atoms with E-state index in [-0.39, 0.29) is 29.1 Å². The normalized spacial score (nSPS) is 15.6. The van der Waals surface area contributed by atoms with E-state index in [1.54, 1.807) is 6.07 Å². The number of halogens is 6. The van der Waals surface area contributed by atoms with E-state index in [0.717, 1.165) is 31.2 Å². The first-order valence-electron chi connectivity index (χ1n) is 10.8. The number of rotatable bonds is 6. The van der Waals surface area contributed by atoms with E-state index in [4.69, 9.17) is 5.73 Å². The van der Waals surface area contributed by atoms with E-state index < -0.39 is 37.8 Å². The number of benzene rings is 2.